The summed E-state index contributed by atoms with van der Waals surface area (Å²) in [7, 11) is 0. The van der Waals surface area contributed by atoms with Crippen LogP contribution in [-0.2, 0) is 6.54 Å². The summed E-state index contributed by atoms with van der Waals surface area (Å²) in [5.74, 6) is 1.81. The summed E-state index contributed by atoms with van der Waals surface area (Å²) in [5, 5.41) is 7.40. The van der Waals surface area contributed by atoms with Gasteiger partial charge < -0.3 is 29.7 Å². The van der Waals surface area contributed by atoms with Gasteiger partial charge >= 0.3 is 0 Å². The first kappa shape index (κ1) is 30.8. The molecule has 1 fully saturated rings. The van der Waals surface area contributed by atoms with Crippen molar-refractivity contribution in [3.05, 3.63) is 90.6 Å². The summed E-state index contributed by atoms with van der Waals surface area (Å²) in [5.41, 5.74) is 6.75. The average Bonchev–Trinajstić information content (AvgIpc) is 3.71. The van der Waals surface area contributed by atoms with Crippen LogP contribution in [0.5, 0.6) is 5.75 Å². The Bertz CT molecular complexity index is 1870. The third-order valence-electron chi connectivity index (χ3n) is 8.51. The zero-order chi connectivity index (χ0) is 32.2. The second kappa shape index (κ2) is 13.9. The lowest BCUT2D eigenvalue weighted by molar-refractivity contribution is 0.102. The van der Waals surface area contributed by atoms with Crippen molar-refractivity contribution in [1.29, 1.82) is 0 Å². The van der Waals surface area contributed by atoms with Gasteiger partial charge in [0.1, 0.15) is 5.75 Å². The quantitative estimate of drug-likeness (QED) is 0.173. The molecule has 2 aliphatic heterocycles. The highest BCUT2D eigenvalue weighted by atomic mass is 32.2. The SMILES string of the molecule is CCOc1ccccc1C(=O)Nc1cccc(-c2nc3n(c2-c2ccnc(Nc4ccc(N5CCN(CC)CC5)cc4)n2)CCS3)c1. The molecule has 0 atom stereocenters. The third-order valence-corrected chi connectivity index (χ3v) is 9.47. The van der Waals surface area contributed by atoms with Gasteiger partial charge in [0.2, 0.25) is 5.95 Å². The molecule has 0 saturated carbocycles. The maximum Gasteiger partial charge on any atom is 0.259 e. The molecule has 3 aromatic carbocycles. The first-order valence-corrected chi connectivity index (χ1v) is 17.1. The second-order valence-electron chi connectivity index (χ2n) is 11.4. The minimum absolute atomic E-state index is 0.229. The fourth-order valence-corrected chi connectivity index (χ4v) is 7.03. The lowest BCUT2D eigenvalue weighted by Crippen LogP contribution is -2.46. The number of likely N-dealkylation sites (N-methyl/N-ethyl adjacent to an activating group) is 1. The van der Waals surface area contributed by atoms with Crippen LogP contribution in [0.25, 0.3) is 22.6 Å². The van der Waals surface area contributed by atoms with E-state index in [1.165, 1.54) is 5.69 Å². The fourth-order valence-electron chi connectivity index (χ4n) is 6.08. The molecule has 7 rings (SSSR count). The Morgan fingerprint density at radius 1 is 0.894 bits per heavy atom. The summed E-state index contributed by atoms with van der Waals surface area (Å²) in [6, 6.07) is 25.5. The number of anilines is 4. The van der Waals surface area contributed by atoms with Gasteiger partial charge in [0, 0.05) is 67.3 Å². The molecule has 2 aliphatic rings. The van der Waals surface area contributed by atoms with Crippen molar-refractivity contribution in [3.63, 3.8) is 0 Å². The number of hydrogen-bond acceptors (Lipinski definition) is 9. The predicted molar refractivity (Wildman–Crippen MR) is 189 cm³/mol. The monoisotopic (exact) mass is 646 g/mol. The summed E-state index contributed by atoms with van der Waals surface area (Å²) in [4.78, 5) is 32.7. The lowest BCUT2D eigenvalue weighted by Gasteiger charge is -2.35. The lowest BCUT2D eigenvalue weighted by atomic mass is 10.1. The Morgan fingerprint density at radius 3 is 2.53 bits per heavy atom. The van der Waals surface area contributed by atoms with E-state index in [0.717, 1.165) is 78.5 Å². The van der Waals surface area contributed by atoms with Crippen molar-refractivity contribution in [1.82, 2.24) is 24.4 Å². The number of amides is 1. The number of ether oxygens (including phenoxy) is 1. The Morgan fingerprint density at radius 2 is 1.72 bits per heavy atom. The van der Waals surface area contributed by atoms with Gasteiger partial charge in [0.15, 0.2) is 5.16 Å². The molecule has 4 heterocycles. The highest BCUT2D eigenvalue weighted by molar-refractivity contribution is 7.99. The minimum atomic E-state index is -0.229. The van der Waals surface area contributed by atoms with Crippen molar-refractivity contribution < 1.29 is 9.53 Å². The molecule has 47 heavy (non-hydrogen) atoms. The van der Waals surface area contributed by atoms with Crippen LogP contribution in [0, 0.1) is 0 Å². The van der Waals surface area contributed by atoms with Crippen LogP contribution in [0.1, 0.15) is 24.2 Å². The highest BCUT2D eigenvalue weighted by Gasteiger charge is 2.25. The molecule has 1 saturated heterocycles. The molecule has 11 heteroatoms. The Hall–Kier alpha value is -4.87. The van der Waals surface area contributed by atoms with Crippen molar-refractivity contribution in [2.24, 2.45) is 0 Å². The van der Waals surface area contributed by atoms with Crippen LogP contribution >= 0.6 is 11.8 Å². The van der Waals surface area contributed by atoms with Crippen LogP contribution in [0.4, 0.5) is 23.0 Å². The van der Waals surface area contributed by atoms with E-state index in [0.29, 0.717) is 29.6 Å². The van der Waals surface area contributed by atoms with E-state index in [9.17, 15) is 4.79 Å². The number of rotatable bonds is 10. The van der Waals surface area contributed by atoms with Gasteiger partial charge in [-0.25, -0.2) is 15.0 Å². The number of hydrogen-bond donors (Lipinski definition) is 2. The Labute approximate surface area is 279 Å². The topological polar surface area (TPSA) is 100 Å². The molecular formula is C36H38N8O2S. The van der Waals surface area contributed by atoms with Crippen molar-refractivity contribution in [2.75, 3.05) is 60.6 Å². The molecular weight excluding hydrogens is 609 g/mol. The first-order valence-electron chi connectivity index (χ1n) is 16.1. The number of fused-ring (bicyclic) bond motifs is 1. The van der Waals surface area contributed by atoms with E-state index >= 15 is 0 Å². The van der Waals surface area contributed by atoms with Gasteiger partial charge in [-0.15, -0.1) is 0 Å². The van der Waals surface area contributed by atoms with E-state index in [-0.39, 0.29) is 5.91 Å². The van der Waals surface area contributed by atoms with Crippen LogP contribution in [0.3, 0.4) is 0 Å². The molecule has 0 bridgehead atoms. The number of aromatic nitrogens is 4. The number of thioether (sulfide) groups is 1. The summed E-state index contributed by atoms with van der Waals surface area (Å²) in [6.45, 7) is 10.8. The van der Waals surface area contributed by atoms with Gasteiger partial charge in [-0.1, -0.05) is 43.0 Å². The summed E-state index contributed by atoms with van der Waals surface area (Å²) >= 11 is 1.73. The van der Waals surface area contributed by atoms with Crippen molar-refractivity contribution in [3.8, 4) is 28.4 Å². The molecule has 0 radical (unpaired) electrons. The minimum Gasteiger partial charge on any atom is -0.493 e. The van der Waals surface area contributed by atoms with Crippen molar-refractivity contribution >= 4 is 40.7 Å². The maximum atomic E-state index is 13.2. The van der Waals surface area contributed by atoms with Crippen LogP contribution in [0.15, 0.2) is 90.2 Å². The molecule has 240 valence electrons. The molecule has 1 amide bonds. The average molecular weight is 647 g/mol. The van der Waals surface area contributed by atoms with E-state index in [2.05, 4.69) is 61.2 Å². The predicted octanol–water partition coefficient (Wildman–Crippen LogP) is 6.65. The molecule has 10 nitrogen and oxygen atoms in total. The molecule has 2 N–H and O–H groups in total. The zero-order valence-electron chi connectivity index (χ0n) is 26.6. The smallest absolute Gasteiger partial charge is 0.259 e. The number of nitrogens with zero attached hydrogens (tertiary/aromatic N) is 6. The van der Waals surface area contributed by atoms with Gasteiger partial charge in [-0.2, -0.15) is 0 Å². The van der Waals surface area contributed by atoms with Crippen LogP contribution in [0.2, 0.25) is 0 Å². The van der Waals surface area contributed by atoms with E-state index in [1.807, 2.05) is 49.4 Å². The number of benzene rings is 3. The van der Waals surface area contributed by atoms with Crippen LogP contribution in [-0.4, -0.2) is 75.4 Å². The van der Waals surface area contributed by atoms with E-state index in [1.54, 1.807) is 30.1 Å². The Balaban J connectivity index is 1.12. The number of carbonyl (C=O) groups is 1. The summed E-state index contributed by atoms with van der Waals surface area (Å²) < 4.78 is 7.90. The standard InChI is InChI=1S/C36H38N8O2S/c1-3-42-18-20-43(21-19-42)28-14-12-26(13-15-28)39-35-37-17-16-30(40-35)33-32(41-36-44(33)22-23-47-36)25-8-7-9-27(24-25)38-34(45)29-10-5-6-11-31(29)46-4-2/h5-17,24H,3-4,18-23H2,1-2H3,(H,38,45)(H,37,39,40). The van der Waals surface area contributed by atoms with Gasteiger partial charge in [0.25, 0.3) is 5.91 Å². The number of imidazole rings is 1. The van der Waals surface area contributed by atoms with Gasteiger partial charge in [-0.05, 0) is 68.1 Å². The zero-order valence-corrected chi connectivity index (χ0v) is 27.5. The number of piperazine rings is 1. The second-order valence-corrected chi connectivity index (χ2v) is 12.5. The number of carbonyl (C=O) groups excluding carboxylic acids is 1. The fraction of sp³-hybridized carbons (Fsp3) is 0.278. The molecule has 0 spiro atoms. The number of para-hydroxylation sites is 1. The largest absolute Gasteiger partial charge is 0.493 e. The molecule has 0 aliphatic carbocycles. The Kier molecular flexibility index (Phi) is 9.07. The first-order chi connectivity index (χ1) is 23.1. The molecule has 2 aromatic heterocycles. The van der Waals surface area contributed by atoms with Gasteiger partial charge in [-0.3, -0.25) is 4.79 Å². The van der Waals surface area contributed by atoms with Gasteiger partial charge in [0.05, 0.1) is 29.3 Å². The molecule has 0 unspecified atom stereocenters. The highest BCUT2D eigenvalue weighted by Crippen LogP contribution is 2.39. The third kappa shape index (κ3) is 6.68. The van der Waals surface area contributed by atoms with Crippen LogP contribution < -0.4 is 20.3 Å². The summed E-state index contributed by atoms with van der Waals surface area (Å²) in [6.07, 6.45) is 1.78. The van der Waals surface area contributed by atoms with E-state index in [4.69, 9.17) is 14.7 Å². The molecule has 5 aromatic rings. The number of nitrogens with one attached hydrogen (secondary N) is 2. The van der Waals surface area contributed by atoms with Crippen molar-refractivity contribution in [2.45, 2.75) is 25.5 Å². The van der Waals surface area contributed by atoms with E-state index < -0.39 is 0 Å². The normalized spacial score (nSPS) is 14.6. The maximum absolute atomic E-state index is 13.2.